The lowest BCUT2D eigenvalue weighted by molar-refractivity contribution is -0.274. The van der Waals surface area contributed by atoms with Crippen molar-refractivity contribution in [3.8, 4) is 5.75 Å². The van der Waals surface area contributed by atoms with E-state index in [1.54, 1.807) is 6.92 Å². The summed E-state index contributed by atoms with van der Waals surface area (Å²) < 4.78 is 68.8. The Hall–Kier alpha value is -3.02. The minimum absolute atomic E-state index is 0.0131. The molecule has 1 atom stereocenters. The second-order valence-corrected chi connectivity index (χ2v) is 7.15. The summed E-state index contributed by atoms with van der Waals surface area (Å²) >= 11 is 0. The number of piperidine rings is 1. The van der Waals surface area contributed by atoms with Gasteiger partial charge in [0, 0.05) is 43.0 Å². The molecule has 0 unspecified atom stereocenters. The van der Waals surface area contributed by atoms with E-state index in [0.29, 0.717) is 5.56 Å². The maximum atomic E-state index is 13.9. The number of ether oxygens (including phenoxy) is 1. The van der Waals surface area contributed by atoms with Gasteiger partial charge in [0.05, 0.1) is 6.54 Å². The molecule has 2 aromatic heterocycles. The molecule has 1 amide bonds. The first-order chi connectivity index (χ1) is 14.5. The van der Waals surface area contributed by atoms with Crippen molar-refractivity contribution in [2.45, 2.75) is 38.1 Å². The molecular formula is C19H20F5N5O2. The number of nitrogens with one attached hydrogen (secondary N) is 1. The summed E-state index contributed by atoms with van der Waals surface area (Å²) in [5.41, 5.74) is 6.23. The zero-order chi connectivity index (χ0) is 22.8. The first-order valence-corrected chi connectivity index (χ1v) is 9.32. The van der Waals surface area contributed by atoms with Gasteiger partial charge in [-0.1, -0.05) is 0 Å². The van der Waals surface area contributed by atoms with Crippen LogP contribution in [0, 0.1) is 6.92 Å². The van der Waals surface area contributed by atoms with Crippen LogP contribution in [0.1, 0.15) is 28.8 Å². The molecule has 3 rings (SSSR count). The van der Waals surface area contributed by atoms with Crippen molar-refractivity contribution in [2.24, 2.45) is 5.73 Å². The van der Waals surface area contributed by atoms with Crippen molar-refractivity contribution >= 4 is 17.5 Å². The van der Waals surface area contributed by atoms with Crippen LogP contribution in [0.4, 0.5) is 33.6 Å². The van der Waals surface area contributed by atoms with E-state index in [-0.39, 0.29) is 36.6 Å². The number of halogens is 5. The van der Waals surface area contributed by atoms with Crippen molar-refractivity contribution in [3.63, 3.8) is 0 Å². The highest BCUT2D eigenvalue weighted by atomic mass is 19.4. The molecule has 0 bridgehead atoms. The molecule has 1 fully saturated rings. The Kier molecular flexibility index (Phi) is 6.30. The maximum absolute atomic E-state index is 13.9. The second-order valence-electron chi connectivity index (χ2n) is 7.15. The molecular weight excluding hydrogens is 425 g/mol. The fourth-order valence-corrected chi connectivity index (χ4v) is 3.26. The van der Waals surface area contributed by atoms with Gasteiger partial charge in [0.1, 0.15) is 17.4 Å². The van der Waals surface area contributed by atoms with E-state index in [1.807, 2.05) is 0 Å². The lowest BCUT2D eigenvalue weighted by atomic mass is 9.97. The van der Waals surface area contributed by atoms with Crippen molar-refractivity contribution in [2.75, 3.05) is 18.4 Å². The monoisotopic (exact) mass is 445 g/mol. The van der Waals surface area contributed by atoms with E-state index < -0.39 is 36.5 Å². The third-order valence-electron chi connectivity index (χ3n) is 4.77. The van der Waals surface area contributed by atoms with Gasteiger partial charge in [0.25, 0.3) is 11.8 Å². The summed E-state index contributed by atoms with van der Waals surface area (Å²) in [4.78, 5) is 22.0. The third-order valence-corrected chi connectivity index (χ3v) is 4.77. The zero-order valence-electron chi connectivity index (χ0n) is 16.4. The smallest absolute Gasteiger partial charge is 0.406 e. The van der Waals surface area contributed by atoms with E-state index in [4.69, 9.17) is 5.73 Å². The second kappa shape index (κ2) is 8.61. The summed E-state index contributed by atoms with van der Waals surface area (Å²) in [6.45, 7) is 0.906. The minimum atomic E-state index is -4.86. The molecule has 31 heavy (non-hydrogen) atoms. The Labute approximate surface area is 174 Å². The van der Waals surface area contributed by atoms with Gasteiger partial charge in [0.2, 0.25) is 0 Å². The number of likely N-dealkylation sites (tertiary alicyclic amines) is 1. The number of anilines is 2. The van der Waals surface area contributed by atoms with Gasteiger partial charge in [-0.05, 0) is 31.0 Å². The highest BCUT2D eigenvalue weighted by Gasteiger charge is 2.42. The van der Waals surface area contributed by atoms with Crippen LogP contribution in [-0.4, -0.2) is 52.2 Å². The third kappa shape index (κ3) is 5.78. The number of pyridine rings is 2. The van der Waals surface area contributed by atoms with Crippen LogP contribution >= 0.6 is 0 Å². The average molecular weight is 445 g/mol. The van der Waals surface area contributed by atoms with Crippen LogP contribution in [0.15, 0.2) is 30.6 Å². The first kappa shape index (κ1) is 22.7. The predicted octanol–water partition coefficient (Wildman–Crippen LogP) is 3.63. The summed E-state index contributed by atoms with van der Waals surface area (Å²) in [5, 5.41) is 2.68. The van der Waals surface area contributed by atoms with Gasteiger partial charge in [-0.3, -0.25) is 4.79 Å². The molecule has 2 aromatic rings. The number of carbonyl (C=O) groups is 1. The molecule has 3 heterocycles. The fraction of sp³-hybridized carbons (Fsp3) is 0.421. The topological polar surface area (TPSA) is 93.4 Å². The Morgan fingerprint density at radius 2 is 2.03 bits per heavy atom. The number of amides is 1. The van der Waals surface area contributed by atoms with E-state index in [2.05, 4.69) is 20.0 Å². The van der Waals surface area contributed by atoms with Crippen molar-refractivity contribution in [1.29, 1.82) is 0 Å². The van der Waals surface area contributed by atoms with E-state index >= 15 is 0 Å². The van der Waals surface area contributed by atoms with Crippen LogP contribution < -0.4 is 15.8 Å². The number of aryl methyl sites for hydroxylation is 1. The van der Waals surface area contributed by atoms with E-state index in [1.165, 1.54) is 12.3 Å². The maximum Gasteiger partial charge on any atom is 0.573 e. The summed E-state index contributed by atoms with van der Waals surface area (Å²) in [6.07, 6.45) is -2.67. The lowest BCUT2D eigenvalue weighted by Crippen LogP contribution is -2.54. The van der Waals surface area contributed by atoms with Gasteiger partial charge >= 0.3 is 6.36 Å². The number of alkyl halides is 5. The highest BCUT2D eigenvalue weighted by molar-refractivity contribution is 5.96. The molecule has 0 saturated carbocycles. The normalized spacial score (nSPS) is 18.5. The largest absolute Gasteiger partial charge is 0.573 e. The lowest BCUT2D eigenvalue weighted by Gasteiger charge is -2.39. The summed E-state index contributed by atoms with van der Waals surface area (Å²) in [5.74, 6) is -4.04. The van der Waals surface area contributed by atoms with Gasteiger partial charge in [0.15, 0.2) is 0 Å². The zero-order valence-corrected chi connectivity index (χ0v) is 16.4. The number of rotatable bonds is 5. The van der Waals surface area contributed by atoms with Crippen molar-refractivity contribution < 1.29 is 31.5 Å². The number of nitrogens with zero attached hydrogens (tertiary/aromatic N) is 3. The van der Waals surface area contributed by atoms with Gasteiger partial charge < -0.3 is 20.7 Å². The van der Waals surface area contributed by atoms with Crippen LogP contribution in [0.3, 0.4) is 0 Å². The Balaban J connectivity index is 1.83. The molecule has 3 N–H and O–H groups in total. The first-order valence-electron chi connectivity index (χ1n) is 9.32. The van der Waals surface area contributed by atoms with Crippen LogP contribution in [-0.2, 0) is 0 Å². The summed E-state index contributed by atoms with van der Waals surface area (Å²) in [6, 6.07) is 2.84. The number of hydrogen-bond acceptors (Lipinski definition) is 6. The van der Waals surface area contributed by atoms with Crippen molar-refractivity contribution in [1.82, 2.24) is 14.9 Å². The van der Waals surface area contributed by atoms with Gasteiger partial charge in [-0.25, -0.2) is 18.7 Å². The van der Waals surface area contributed by atoms with Crippen molar-refractivity contribution in [3.05, 3.63) is 41.7 Å². The minimum Gasteiger partial charge on any atom is -0.406 e. The molecule has 1 saturated heterocycles. The Bertz CT molecular complexity index is 954. The van der Waals surface area contributed by atoms with Gasteiger partial charge in [-0.2, -0.15) is 0 Å². The quantitative estimate of drug-likeness (QED) is 0.683. The Morgan fingerprint density at radius 3 is 2.71 bits per heavy atom. The number of carbonyl (C=O) groups excluding carboxylic acids is 1. The predicted molar refractivity (Wildman–Crippen MR) is 101 cm³/mol. The van der Waals surface area contributed by atoms with Gasteiger partial charge in [-0.15, -0.1) is 13.2 Å². The highest BCUT2D eigenvalue weighted by Crippen LogP contribution is 2.32. The fourth-order valence-electron chi connectivity index (χ4n) is 3.26. The number of nitrogens with two attached hydrogens (primary N) is 1. The molecule has 0 aromatic carbocycles. The molecule has 168 valence electrons. The van der Waals surface area contributed by atoms with Crippen LogP contribution in [0.25, 0.3) is 0 Å². The molecule has 7 nitrogen and oxygen atoms in total. The van der Waals surface area contributed by atoms with E-state index in [0.717, 1.165) is 23.2 Å². The molecule has 0 spiro atoms. The molecule has 12 heteroatoms. The average Bonchev–Trinajstić information content (AvgIpc) is 2.67. The number of aromatic nitrogens is 2. The SMILES string of the molecule is Cc1cnc(Nc2cc(OC(F)(F)F)ccn2)cc1C(=O)N1CC(F)(F)CC[C@@H]1CN. The standard InChI is InChI=1S/C19H20F5N5O2/c1-11-9-27-16(28-15-6-13(3-5-26-15)31-19(22,23)24)7-14(11)17(30)29-10-18(20,21)4-2-12(29)8-25/h3,5-7,9,12H,2,4,8,10,25H2,1H3,(H,26,27,28)/t12-/m1/s1. The van der Waals surface area contributed by atoms with E-state index in [9.17, 15) is 26.7 Å². The molecule has 0 aliphatic carbocycles. The van der Waals surface area contributed by atoms with Crippen LogP contribution in [0.2, 0.25) is 0 Å². The summed E-state index contributed by atoms with van der Waals surface area (Å²) in [7, 11) is 0. The number of hydrogen-bond donors (Lipinski definition) is 2. The molecule has 1 aliphatic rings. The molecule has 0 radical (unpaired) electrons. The van der Waals surface area contributed by atoms with Crippen LogP contribution in [0.5, 0.6) is 5.75 Å². The molecule has 1 aliphatic heterocycles. The Morgan fingerprint density at radius 1 is 1.32 bits per heavy atom.